The van der Waals surface area contributed by atoms with E-state index in [0.717, 1.165) is 11.6 Å². The van der Waals surface area contributed by atoms with Gasteiger partial charge in [0.15, 0.2) is 0 Å². The molecule has 0 radical (unpaired) electrons. The van der Waals surface area contributed by atoms with Crippen LogP contribution in [-0.2, 0) is 0 Å². The maximum absolute atomic E-state index is 12.2. The Labute approximate surface area is 126 Å². The number of likely N-dealkylation sites (N-methyl/N-ethyl adjacent to an activating group) is 1. The summed E-state index contributed by atoms with van der Waals surface area (Å²) in [5.41, 5.74) is 0.899. The molecule has 0 fully saturated rings. The quantitative estimate of drug-likeness (QED) is 0.670. The summed E-state index contributed by atoms with van der Waals surface area (Å²) in [5, 5.41) is 13.5. The van der Waals surface area contributed by atoms with Crippen LogP contribution in [0, 0.1) is 10.1 Å². The summed E-state index contributed by atoms with van der Waals surface area (Å²) < 4.78 is 0. The van der Waals surface area contributed by atoms with Gasteiger partial charge in [-0.1, -0.05) is 11.6 Å². The molecule has 1 heterocycles. The minimum absolute atomic E-state index is 0.0354. The zero-order valence-electron chi connectivity index (χ0n) is 11.5. The van der Waals surface area contributed by atoms with Gasteiger partial charge in [0.05, 0.1) is 15.5 Å². The van der Waals surface area contributed by atoms with Gasteiger partial charge >= 0.3 is 0 Å². The fourth-order valence-electron chi connectivity index (χ4n) is 1.86. The lowest BCUT2D eigenvalue weighted by Crippen LogP contribution is -2.44. The number of carbonyl (C=O) groups is 1. The smallest absolute Gasteiger partial charge is 0.270 e. The molecule has 0 atom stereocenters. The van der Waals surface area contributed by atoms with Crippen molar-refractivity contribution in [3.05, 3.63) is 50.7 Å². The van der Waals surface area contributed by atoms with Gasteiger partial charge in [-0.25, -0.2) is 4.99 Å². The number of hydrogen-bond donors (Lipinski definition) is 1. The van der Waals surface area contributed by atoms with Crippen LogP contribution in [0.5, 0.6) is 0 Å². The maximum Gasteiger partial charge on any atom is 0.270 e. The summed E-state index contributed by atoms with van der Waals surface area (Å²) in [7, 11) is 1.78. The predicted molar refractivity (Wildman–Crippen MR) is 79.4 cm³/mol. The third kappa shape index (κ3) is 3.38. The molecule has 1 aliphatic heterocycles. The first-order chi connectivity index (χ1) is 9.88. The van der Waals surface area contributed by atoms with E-state index in [4.69, 9.17) is 11.6 Å². The lowest BCUT2D eigenvalue weighted by Gasteiger charge is -2.24. The van der Waals surface area contributed by atoms with E-state index >= 15 is 0 Å². The van der Waals surface area contributed by atoms with E-state index in [9.17, 15) is 14.9 Å². The summed E-state index contributed by atoms with van der Waals surface area (Å²) >= 11 is 5.92. The van der Waals surface area contributed by atoms with Gasteiger partial charge in [0, 0.05) is 31.9 Å². The average Bonchev–Trinajstić information content (AvgIpc) is 2.42. The maximum atomic E-state index is 12.2. The summed E-state index contributed by atoms with van der Waals surface area (Å²) in [4.78, 5) is 28.2. The highest BCUT2D eigenvalue weighted by Gasteiger charge is 2.19. The van der Waals surface area contributed by atoms with Gasteiger partial charge in [0.1, 0.15) is 0 Å². The van der Waals surface area contributed by atoms with Crippen LogP contribution < -0.4 is 5.32 Å². The Hall–Kier alpha value is -2.41. The SMILES string of the molecule is CC1=CN=C(NC(=O)c2cc([N+](=O)[O-])ccc2Cl)N(C)C1. The largest absolute Gasteiger partial charge is 0.341 e. The van der Waals surface area contributed by atoms with Crippen molar-refractivity contribution in [1.82, 2.24) is 10.2 Å². The highest BCUT2D eigenvalue weighted by Crippen LogP contribution is 2.22. The van der Waals surface area contributed by atoms with Gasteiger partial charge in [-0.15, -0.1) is 0 Å². The van der Waals surface area contributed by atoms with Gasteiger partial charge in [0.2, 0.25) is 5.96 Å². The van der Waals surface area contributed by atoms with Crippen LogP contribution in [0.4, 0.5) is 5.69 Å². The van der Waals surface area contributed by atoms with Crippen LogP contribution in [0.1, 0.15) is 17.3 Å². The molecular formula is C13H13ClN4O3. The molecule has 0 saturated carbocycles. The van der Waals surface area contributed by atoms with Crippen molar-refractivity contribution in [3.8, 4) is 0 Å². The van der Waals surface area contributed by atoms with Crippen LogP contribution >= 0.6 is 11.6 Å². The van der Waals surface area contributed by atoms with Crippen LogP contribution in [-0.4, -0.2) is 35.3 Å². The molecule has 0 spiro atoms. The first-order valence-corrected chi connectivity index (χ1v) is 6.46. The Morgan fingerprint density at radius 1 is 1.52 bits per heavy atom. The lowest BCUT2D eigenvalue weighted by molar-refractivity contribution is -0.384. The summed E-state index contributed by atoms with van der Waals surface area (Å²) in [5.74, 6) is -0.171. The Morgan fingerprint density at radius 3 is 2.86 bits per heavy atom. The van der Waals surface area contributed by atoms with Gasteiger partial charge in [0.25, 0.3) is 11.6 Å². The number of halogens is 1. The molecule has 2 rings (SSSR count). The molecule has 0 unspecified atom stereocenters. The molecule has 1 aliphatic rings. The predicted octanol–water partition coefficient (Wildman–Crippen LogP) is 2.18. The van der Waals surface area contributed by atoms with E-state index in [1.807, 2.05) is 6.92 Å². The molecule has 1 amide bonds. The number of nitrogens with one attached hydrogen (secondary N) is 1. The van der Waals surface area contributed by atoms with E-state index in [-0.39, 0.29) is 16.3 Å². The van der Waals surface area contributed by atoms with Crippen LogP contribution in [0.2, 0.25) is 5.02 Å². The third-order valence-corrected chi connectivity index (χ3v) is 3.22. The summed E-state index contributed by atoms with van der Waals surface area (Å²) in [6, 6.07) is 3.71. The van der Waals surface area contributed by atoms with Crippen molar-refractivity contribution in [2.24, 2.45) is 4.99 Å². The standard InChI is InChI=1S/C13H13ClN4O3/c1-8-6-15-13(17(2)7-8)16-12(19)10-5-9(18(20)21)3-4-11(10)14/h3-6H,7H2,1-2H3,(H,15,16,19). The Bertz CT molecular complexity index is 669. The van der Waals surface area contributed by atoms with E-state index < -0.39 is 10.8 Å². The molecule has 0 bridgehead atoms. The highest BCUT2D eigenvalue weighted by atomic mass is 35.5. The number of rotatable bonds is 2. The number of non-ortho nitro benzene ring substituents is 1. The van der Waals surface area contributed by atoms with E-state index in [1.165, 1.54) is 12.1 Å². The Morgan fingerprint density at radius 2 is 2.24 bits per heavy atom. The van der Waals surface area contributed by atoms with Crippen molar-refractivity contribution in [3.63, 3.8) is 0 Å². The molecule has 1 N–H and O–H groups in total. The van der Waals surface area contributed by atoms with Crippen molar-refractivity contribution >= 4 is 29.2 Å². The molecule has 0 aromatic heterocycles. The van der Waals surface area contributed by atoms with Crippen molar-refractivity contribution in [1.29, 1.82) is 0 Å². The second kappa shape index (κ2) is 5.92. The number of amides is 1. The summed E-state index contributed by atoms with van der Waals surface area (Å²) in [6.07, 6.45) is 1.66. The number of guanidine groups is 1. The van der Waals surface area contributed by atoms with E-state index in [0.29, 0.717) is 12.5 Å². The summed E-state index contributed by atoms with van der Waals surface area (Å²) in [6.45, 7) is 2.57. The van der Waals surface area contributed by atoms with E-state index in [1.54, 1.807) is 18.1 Å². The number of benzene rings is 1. The van der Waals surface area contributed by atoms with Gasteiger partial charge in [-0.3, -0.25) is 20.2 Å². The fraction of sp³-hybridized carbons (Fsp3) is 0.231. The van der Waals surface area contributed by atoms with Crippen LogP contribution in [0.15, 0.2) is 35.0 Å². The van der Waals surface area contributed by atoms with Gasteiger partial charge < -0.3 is 4.90 Å². The monoisotopic (exact) mass is 308 g/mol. The molecule has 1 aromatic carbocycles. The first-order valence-electron chi connectivity index (χ1n) is 6.08. The van der Waals surface area contributed by atoms with Gasteiger partial charge in [-0.05, 0) is 18.6 Å². The number of nitro benzene ring substituents is 1. The molecular weight excluding hydrogens is 296 g/mol. The van der Waals surface area contributed by atoms with Crippen molar-refractivity contribution in [2.45, 2.75) is 6.92 Å². The molecule has 8 heteroatoms. The van der Waals surface area contributed by atoms with Crippen LogP contribution in [0.25, 0.3) is 0 Å². The fourth-order valence-corrected chi connectivity index (χ4v) is 2.06. The second-order valence-corrected chi connectivity index (χ2v) is 5.07. The molecule has 0 saturated heterocycles. The molecule has 0 aliphatic carbocycles. The normalized spacial score (nSPS) is 14.3. The minimum atomic E-state index is -0.580. The average molecular weight is 309 g/mol. The van der Waals surface area contributed by atoms with Gasteiger partial charge in [-0.2, -0.15) is 0 Å². The molecule has 110 valence electrons. The number of hydrogen-bond acceptors (Lipinski definition) is 5. The molecule has 1 aromatic rings. The number of aliphatic imine (C=N–C) groups is 1. The van der Waals surface area contributed by atoms with Crippen molar-refractivity contribution in [2.75, 3.05) is 13.6 Å². The Kier molecular flexibility index (Phi) is 4.23. The second-order valence-electron chi connectivity index (χ2n) is 4.66. The number of nitrogens with zero attached hydrogens (tertiary/aromatic N) is 3. The minimum Gasteiger partial charge on any atom is -0.341 e. The molecule has 21 heavy (non-hydrogen) atoms. The van der Waals surface area contributed by atoms with Crippen LogP contribution in [0.3, 0.4) is 0 Å². The first kappa shape index (κ1) is 15.0. The molecule has 7 nitrogen and oxygen atoms in total. The number of nitro groups is 1. The Balaban J connectivity index is 2.25. The lowest BCUT2D eigenvalue weighted by atomic mass is 10.2. The zero-order chi connectivity index (χ0) is 15.6. The van der Waals surface area contributed by atoms with Crippen molar-refractivity contribution < 1.29 is 9.72 Å². The highest BCUT2D eigenvalue weighted by molar-refractivity contribution is 6.34. The third-order valence-electron chi connectivity index (χ3n) is 2.89. The zero-order valence-corrected chi connectivity index (χ0v) is 12.2. The topological polar surface area (TPSA) is 87.8 Å². The number of carbonyl (C=O) groups excluding carboxylic acids is 1. The van der Waals surface area contributed by atoms with E-state index in [2.05, 4.69) is 10.3 Å².